The molecule has 0 fully saturated rings. The molecule has 5 nitrogen and oxygen atoms in total. The van der Waals surface area contributed by atoms with Crippen LogP contribution in [-0.4, -0.2) is 63.2 Å². The second-order valence-corrected chi connectivity index (χ2v) is 8.26. The topological polar surface area (TPSA) is 56.0 Å². The van der Waals surface area contributed by atoms with Crippen molar-refractivity contribution in [3.05, 3.63) is 46.4 Å². The zero-order valence-corrected chi connectivity index (χ0v) is 19.7. The van der Waals surface area contributed by atoms with E-state index in [4.69, 9.17) is 0 Å². The van der Waals surface area contributed by atoms with Gasteiger partial charge in [0.25, 0.3) is 5.56 Å². The van der Waals surface area contributed by atoms with Crippen LogP contribution in [0.25, 0.3) is 5.69 Å². The number of nitrogens with one attached hydrogen (secondary N) is 1. The number of para-hydroxylation sites is 1. The highest BCUT2D eigenvalue weighted by atomic mass is 19.4. The summed E-state index contributed by atoms with van der Waals surface area (Å²) < 4.78 is 217. The number of nitrogens with zero attached hydrogens (tertiary/aromatic N) is 2. The van der Waals surface area contributed by atoms with E-state index in [1.54, 1.807) is 0 Å². The molecule has 2 rings (SSSR count). The van der Waals surface area contributed by atoms with Crippen molar-refractivity contribution in [3.63, 3.8) is 0 Å². The summed E-state index contributed by atoms with van der Waals surface area (Å²) in [6.07, 6.45) is -5.96. The fourth-order valence-electron chi connectivity index (χ4n) is 3.18. The second-order valence-electron chi connectivity index (χ2n) is 8.26. The van der Waals surface area contributed by atoms with Gasteiger partial charge in [-0.1, -0.05) is 18.2 Å². The van der Waals surface area contributed by atoms with Gasteiger partial charge in [-0.2, -0.15) is 61.5 Å². The van der Waals surface area contributed by atoms with Gasteiger partial charge >= 0.3 is 53.8 Å². The van der Waals surface area contributed by atoms with Gasteiger partial charge in [0.2, 0.25) is 0 Å². The molecule has 232 valence electrons. The van der Waals surface area contributed by atoms with Crippen LogP contribution in [-0.2, 0) is 11.8 Å². The molecule has 1 aromatic heterocycles. The number of carbonyl (C=O) groups is 1. The standard InChI is InChI=1S/C20H13F16N3O2/c1-8-10(11(40)39(38(8)2)9-6-4-3-5-7-9)37-13(41)15(25,26)17(29,30)19(33,34)20(35,36)18(31,32)16(27,28)14(23,24)12(21)22/h3-7,12H,1-2H3,(H,37,41). The number of hydrogen-bond acceptors (Lipinski definition) is 2. The van der Waals surface area contributed by atoms with Gasteiger partial charge in [-0.05, 0) is 19.1 Å². The van der Waals surface area contributed by atoms with E-state index in [1.807, 2.05) is 0 Å². The Balaban J connectivity index is 2.59. The molecule has 0 aliphatic carbocycles. The zero-order valence-electron chi connectivity index (χ0n) is 19.7. The summed E-state index contributed by atoms with van der Waals surface area (Å²) in [7, 11) is 1.03. The maximum atomic E-state index is 14.3. The van der Waals surface area contributed by atoms with Crippen LogP contribution in [0.5, 0.6) is 0 Å². The molecule has 1 heterocycles. The first kappa shape index (κ1) is 33.8. The predicted molar refractivity (Wildman–Crippen MR) is 105 cm³/mol. The van der Waals surface area contributed by atoms with Gasteiger partial charge in [0.05, 0.1) is 11.4 Å². The van der Waals surface area contributed by atoms with Crippen molar-refractivity contribution >= 4 is 11.6 Å². The Morgan fingerprint density at radius 3 is 1.59 bits per heavy atom. The van der Waals surface area contributed by atoms with Crippen LogP contribution in [0.4, 0.5) is 75.9 Å². The predicted octanol–water partition coefficient (Wildman–Crippen LogP) is 6.14. The molecule has 0 unspecified atom stereocenters. The highest BCUT2D eigenvalue weighted by Crippen LogP contribution is 2.62. The molecule has 0 aliphatic rings. The van der Waals surface area contributed by atoms with Crippen LogP contribution in [0.15, 0.2) is 35.1 Å². The van der Waals surface area contributed by atoms with E-state index in [-0.39, 0.29) is 5.69 Å². The maximum Gasteiger partial charge on any atom is 0.393 e. The van der Waals surface area contributed by atoms with Crippen LogP contribution >= 0.6 is 0 Å². The molecule has 21 heteroatoms. The largest absolute Gasteiger partial charge is 0.393 e. The Hall–Kier alpha value is -3.42. The molecule has 1 N–H and O–H groups in total. The summed E-state index contributed by atoms with van der Waals surface area (Å²) in [6.45, 7) is 0.862. The van der Waals surface area contributed by atoms with Crippen LogP contribution in [0.3, 0.4) is 0 Å². The molecule has 1 amide bonds. The highest BCUT2D eigenvalue weighted by molar-refractivity contribution is 5.97. The summed E-state index contributed by atoms with van der Waals surface area (Å²) >= 11 is 0. The smallest absolute Gasteiger partial charge is 0.314 e. The zero-order chi connectivity index (χ0) is 32.4. The van der Waals surface area contributed by atoms with Gasteiger partial charge in [0, 0.05) is 7.05 Å². The molecule has 0 bridgehead atoms. The molecular weight excluding hydrogens is 618 g/mol. The van der Waals surface area contributed by atoms with Gasteiger partial charge in [-0.15, -0.1) is 0 Å². The molecule has 2 aromatic rings. The van der Waals surface area contributed by atoms with Crippen molar-refractivity contribution in [2.45, 2.75) is 54.8 Å². The molecule has 0 saturated heterocycles. The first-order valence-corrected chi connectivity index (χ1v) is 10.3. The lowest BCUT2D eigenvalue weighted by atomic mass is 9.89. The van der Waals surface area contributed by atoms with E-state index in [9.17, 15) is 79.8 Å². The molecule has 41 heavy (non-hydrogen) atoms. The van der Waals surface area contributed by atoms with Crippen molar-refractivity contribution in [2.75, 3.05) is 5.32 Å². The number of alkyl halides is 16. The number of halogens is 16. The van der Waals surface area contributed by atoms with Crippen molar-refractivity contribution in [2.24, 2.45) is 7.05 Å². The van der Waals surface area contributed by atoms with Crippen molar-refractivity contribution in [3.8, 4) is 5.69 Å². The molecule has 0 spiro atoms. The van der Waals surface area contributed by atoms with E-state index in [0.717, 1.165) is 24.0 Å². The van der Waals surface area contributed by atoms with E-state index in [0.29, 0.717) is 4.68 Å². The summed E-state index contributed by atoms with van der Waals surface area (Å²) in [4.78, 5) is 24.5. The van der Waals surface area contributed by atoms with Gasteiger partial charge < -0.3 is 5.32 Å². The Morgan fingerprint density at radius 2 is 1.15 bits per heavy atom. The number of hydrogen-bond donors (Lipinski definition) is 1. The number of carbonyl (C=O) groups excluding carboxylic acids is 1. The molecule has 0 radical (unpaired) electrons. The number of aromatic nitrogens is 2. The lowest BCUT2D eigenvalue weighted by molar-refractivity contribution is -0.443. The first-order valence-electron chi connectivity index (χ1n) is 10.3. The van der Waals surface area contributed by atoms with E-state index in [1.165, 1.54) is 30.3 Å². The molecule has 1 aromatic carbocycles. The Labute approximate surface area is 216 Å². The van der Waals surface area contributed by atoms with Crippen molar-refractivity contribution in [1.82, 2.24) is 9.36 Å². The monoisotopic (exact) mass is 631 g/mol. The van der Waals surface area contributed by atoms with Gasteiger partial charge in [-0.3, -0.25) is 14.3 Å². The molecule has 0 saturated carbocycles. The second kappa shape index (κ2) is 9.85. The fourth-order valence-corrected chi connectivity index (χ4v) is 3.18. The first-order chi connectivity index (χ1) is 18.2. The van der Waals surface area contributed by atoms with Gasteiger partial charge in [0.15, 0.2) is 0 Å². The quantitative estimate of drug-likeness (QED) is 0.321. The Morgan fingerprint density at radius 1 is 0.732 bits per heavy atom. The maximum absolute atomic E-state index is 14.3. The van der Waals surface area contributed by atoms with E-state index >= 15 is 0 Å². The molecule has 0 atom stereocenters. The van der Waals surface area contributed by atoms with E-state index in [2.05, 4.69) is 0 Å². The third kappa shape index (κ3) is 4.50. The third-order valence-corrected chi connectivity index (χ3v) is 5.74. The average Bonchev–Trinajstić information content (AvgIpc) is 3.06. The van der Waals surface area contributed by atoms with Crippen LogP contribution in [0.2, 0.25) is 0 Å². The lowest BCUT2D eigenvalue weighted by Crippen LogP contribution is -2.74. The SMILES string of the molecule is Cc1c(NC(=O)C(F)(F)C(F)(F)C(F)(F)C(F)(F)C(F)(F)C(F)(F)C(F)(F)C(F)F)c(=O)n(-c2ccccc2)n1C. The minimum Gasteiger partial charge on any atom is -0.314 e. The van der Waals surface area contributed by atoms with Crippen molar-refractivity contribution < 1.29 is 75.0 Å². The van der Waals surface area contributed by atoms with Gasteiger partial charge in [0.1, 0.15) is 5.69 Å². The Bertz CT molecular complexity index is 1350. The van der Waals surface area contributed by atoms with Crippen LogP contribution in [0, 0.1) is 6.92 Å². The van der Waals surface area contributed by atoms with Crippen LogP contribution in [0.1, 0.15) is 5.69 Å². The summed E-state index contributed by atoms with van der Waals surface area (Å²) in [5.74, 6) is -60.7. The fraction of sp³-hybridized carbons (Fsp3) is 0.500. The van der Waals surface area contributed by atoms with Crippen molar-refractivity contribution in [1.29, 1.82) is 0 Å². The minimum absolute atomic E-state index is 0.0596. The highest BCUT2D eigenvalue weighted by Gasteiger charge is 2.94. The van der Waals surface area contributed by atoms with Crippen LogP contribution < -0.4 is 10.9 Å². The van der Waals surface area contributed by atoms with E-state index < -0.39 is 70.7 Å². The normalized spacial score (nSPS) is 14.5. The summed E-state index contributed by atoms with van der Waals surface area (Å²) in [5.41, 5.74) is -3.50. The minimum atomic E-state index is -8.64. The molecule has 0 aliphatic heterocycles. The third-order valence-electron chi connectivity index (χ3n) is 5.74. The summed E-state index contributed by atoms with van der Waals surface area (Å²) in [6, 6.07) is 6.52. The number of anilines is 1. The number of benzene rings is 1. The number of rotatable bonds is 10. The average molecular weight is 631 g/mol. The summed E-state index contributed by atoms with van der Waals surface area (Å²) in [5, 5.41) is 0.731. The molecular formula is C20H13F16N3O2. The number of amides is 1. The Kier molecular flexibility index (Phi) is 8.11. The lowest BCUT2D eigenvalue weighted by Gasteiger charge is -2.42. The van der Waals surface area contributed by atoms with Gasteiger partial charge in [-0.25, -0.2) is 13.5 Å².